The van der Waals surface area contributed by atoms with Gasteiger partial charge in [-0.05, 0) is 31.9 Å². The molecule has 1 aliphatic heterocycles. The van der Waals surface area contributed by atoms with Gasteiger partial charge in [-0.2, -0.15) is 0 Å². The van der Waals surface area contributed by atoms with E-state index in [9.17, 15) is 28.2 Å². The van der Waals surface area contributed by atoms with E-state index in [0.717, 1.165) is 29.8 Å². The molecular weight excluding hydrogens is 527 g/mol. The molecule has 2 aromatic heterocycles. The fourth-order valence-electron chi connectivity index (χ4n) is 5.41. The van der Waals surface area contributed by atoms with Crippen molar-refractivity contribution in [3.63, 3.8) is 0 Å². The Kier molecular flexibility index (Phi) is 7.67. The lowest BCUT2D eigenvalue weighted by Crippen LogP contribution is -2.56. The molecule has 212 valence electrons. The highest BCUT2D eigenvalue weighted by molar-refractivity contribution is 6.05. The van der Waals surface area contributed by atoms with Crippen molar-refractivity contribution in [2.45, 2.75) is 44.9 Å². The topological polar surface area (TPSA) is 134 Å². The number of carbonyl (C=O) groups excluding carboxylic acids is 1. The Morgan fingerprint density at radius 3 is 2.58 bits per heavy atom. The van der Waals surface area contributed by atoms with Crippen LogP contribution in [-0.2, 0) is 6.42 Å². The van der Waals surface area contributed by atoms with Gasteiger partial charge in [0.2, 0.25) is 0 Å². The lowest BCUT2D eigenvalue weighted by Gasteiger charge is -2.41. The normalized spacial score (nSPS) is 22.2. The molecule has 2 aliphatic rings. The van der Waals surface area contributed by atoms with Gasteiger partial charge in [-0.3, -0.25) is 9.78 Å². The summed E-state index contributed by atoms with van der Waals surface area (Å²) in [5, 5.41) is 23.5. The zero-order chi connectivity index (χ0) is 28.7. The van der Waals surface area contributed by atoms with Crippen molar-refractivity contribution in [2.75, 3.05) is 29.9 Å². The summed E-state index contributed by atoms with van der Waals surface area (Å²) in [5.41, 5.74) is 6.71. The van der Waals surface area contributed by atoms with Crippen molar-refractivity contribution >= 4 is 17.3 Å². The fourth-order valence-corrected chi connectivity index (χ4v) is 5.41. The van der Waals surface area contributed by atoms with E-state index in [4.69, 9.17) is 10.5 Å². The van der Waals surface area contributed by atoms with Gasteiger partial charge in [-0.25, -0.2) is 18.2 Å². The van der Waals surface area contributed by atoms with Crippen LogP contribution >= 0.6 is 0 Å². The van der Waals surface area contributed by atoms with Crippen molar-refractivity contribution in [3.05, 3.63) is 64.9 Å². The van der Waals surface area contributed by atoms with Crippen LogP contribution in [0.3, 0.4) is 0 Å². The second-order valence-corrected chi connectivity index (χ2v) is 10.2. The van der Waals surface area contributed by atoms with Crippen LogP contribution in [0, 0.1) is 23.4 Å². The molecule has 1 amide bonds. The number of aromatic nitrogens is 2. The fraction of sp³-hybridized carbons (Fsp3) is 0.393. The minimum absolute atomic E-state index is 0.0587. The first-order valence-electron chi connectivity index (χ1n) is 13.1. The summed E-state index contributed by atoms with van der Waals surface area (Å²) in [4.78, 5) is 23.6. The Hall–Kier alpha value is -3.74. The van der Waals surface area contributed by atoms with Gasteiger partial charge in [0.25, 0.3) is 5.91 Å². The van der Waals surface area contributed by atoms with Crippen molar-refractivity contribution in [2.24, 2.45) is 11.7 Å². The number of ether oxygens (including phenoxy) is 1. The summed E-state index contributed by atoms with van der Waals surface area (Å²) in [6, 6.07) is 3.33. The summed E-state index contributed by atoms with van der Waals surface area (Å²) < 4.78 is 49.4. The first kappa shape index (κ1) is 27.8. The number of rotatable bonds is 6. The van der Waals surface area contributed by atoms with Crippen LogP contribution in [0.5, 0.6) is 5.75 Å². The predicted molar refractivity (Wildman–Crippen MR) is 142 cm³/mol. The maximum Gasteiger partial charge on any atom is 0.274 e. The number of nitrogens with two attached hydrogens (primary N) is 1. The summed E-state index contributed by atoms with van der Waals surface area (Å²) in [6.45, 7) is 4.45. The standard InChI is InChI=1S/C28H30F3N5O4/c1-3-40-14-8-17(30)23(18(31)9-14)25-16(29)5-6-20(34-25)28(39)35-21-10-33-24-15(4-7-22(24)37)26(21)36-11-13(2)27(38)19(32)12-36/h5-6,8-10,13,19,22,27,37-38H,3-4,7,11-12,32H2,1-2H3,(H,35,39)/t13-,19+,22+,27+/m0/s1. The molecule has 5 rings (SSSR count). The quantitative estimate of drug-likeness (QED) is 0.363. The Bertz CT molecular complexity index is 1420. The molecule has 0 spiro atoms. The number of hydrogen-bond acceptors (Lipinski definition) is 8. The number of hydrogen-bond donors (Lipinski definition) is 4. The van der Waals surface area contributed by atoms with E-state index in [2.05, 4.69) is 15.3 Å². The molecule has 4 atom stereocenters. The minimum Gasteiger partial charge on any atom is -0.494 e. The summed E-state index contributed by atoms with van der Waals surface area (Å²) >= 11 is 0. The number of anilines is 2. The van der Waals surface area contributed by atoms with Crippen molar-refractivity contribution in [1.82, 2.24) is 9.97 Å². The molecule has 1 aromatic carbocycles. The van der Waals surface area contributed by atoms with Crippen LogP contribution in [0.15, 0.2) is 30.5 Å². The van der Waals surface area contributed by atoms with E-state index in [0.29, 0.717) is 43.0 Å². The average Bonchev–Trinajstić information content (AvgIpc) is 3.28. The lowest BCUT2D eigenvalue weighted by molar-refractivity contribution is 0.0784. The number of aliphatic hydroxyl groups is 2. The molecule has 1 saturated heterocycles. The van der Waals surface area contributed by atoms with Crippen LogP contribution in [0.2, 0.25) is 0 Å². The molecule has 40 heavy (non-hydrogen) atoms. The number of nitrogens with one attached hydrogen (secondary N) is 1. The van der Waals surface area contributed by atoms with Crippen LogP contribution in [0.25, 0.3) is 11.3 Å². The molecule has 1 fully saturated rings. The predicted octanol–water partition coefficient (Wildman–Crippen LogP) is 3.34. The molecule has 5 N–H and O–H groups in total. The third-order valence-corrected chi connectivity index (χ3v) is 7.33. The van der Waals surface area contributed by atoms with Gasteiger partial charge in [0.1, 0.15) is 34.6 Å². The molecule has 0 bridgehead atoms. The van der Waals surface area contributed by atoms with Gasteiger partial charge in [0.15, 0.2) is 0 Å². The first-order chi connectivity index (χ1) is 19.1. The number of pyridine rings is 2. The van der Waals surface area contributed by atoms with E-state index in [1.54, 1.807) is 6.92 Å². The zero-order valence-corrected chi connectivity index (χ0v) is 22.0. The number of aliphatic hydroxyl groups excluding tert-OH is 2. The van der Waals surface area contributed by atoms with Gasteiger partial charge in [-0.15, -0.1) is 0 Å². The highest BCUT2D eigenvalue weighted by Gasteiger charge is 2.36. The number of halogens is 3. The Balaban J connectivity index is 1.50. The number of fused-ring (bicyclic) bond motifs is 1. The third-order valence-electron chi connectivity index (χ3n) is 7.33. The molecule has 12 heteroatoms. The summed E-state index contributed by atoms with van der Waals surface area (Å²) in [5.74, 6) is -4.17. The van der Waals surface area contributed by atoms with Gasteiger partial charge in [-0.1, -0.05) is 6.92 Å². The number of piperidine rings is 1. The zero-order valence-electron chi connectivity index (χ0n) is 22.0. The number of amides is 1. The highest BCUT2D eigenvalue weighted by atomic mass is 19.1. The largest absolute Gasteiger partial charge is 0.494 e. The molecule has 3 aromatic rings. The molecule has 0 saturated carbocycles. The Morgan fingerprint density at radius 1 is 1.18 bits per heavy atom. The third kappa shape index (κ3) is 5.09. The average molecular weight is 558 g/mol. The van der Waals surface area contributed by atoms with Crippen LogP contribution in [0.4, 0.5) is 24.5 Å². The first-order valence-corrected chi connectivity index (χ1v) is 13.1. The minimum atomic E-state index is -1.09. The van der Waals surface area contributed by atoms with Crippen LogP contribution < -0.4 is 20.7 Å². The Morgan fingerprint density at radius 2 is 1.90 bits per heavy atom. The number of carbonyl (C=O) groups is 1. The summed E-state index contributed by atoms with van der Waals surface area (Å²) in [6.07, 6.45) is 0.950. The van der Waals surface area contributed by atoms with E-state index in [1.165, 1.54) is 6.20 Å². The smallest absolute Gasteiger partial charge is 0.274 e. The second kappa shape index (κ2) is 11.0. The maximum absolute atomic E-state index is 14.8. The van der Waals surface area contributed by atoms with Crippen molar-refractivity contribution < 1.29 is 32.9 Å². The molecule has 9 nitrogen and oxygen atoms in total. The number of nitrogens with zero attached hydrogens (tertiary/aromatic N) is 3. The van der Waals surface area contributed by atoms with E-state index >= 15 is 0 Å². The van der Waals surface area contributed by atoms with Gasteiger partial charge in [0.05, 0.1) is 47.6 Å². The van der Waals surface area contributed by atoms with Crippen LogP contribution in [-0.4, -0.2) is 57.9 Å². The van der Waals surface area contributed by atoms with Gasteiger partial charge in [0, 0.05) is 42.7 Å². The van der Waals surface area contributed by atoms with Gasteiger partial charge >= 0.3 is 0 Å². The highest BCUT2D eigenvalue weighted by Crippen LogP contribution is 2.42. The number of benzene rings is 1. The van der Waals surface area contributed by atoms with E-state index in [-0.39, 0.29) is 24.0 Å². The SMILES string of the molecule is CCOc1cc(F)c(-c2nc(C(=O)Nc3cnc4c(c3N3C[C@@H](N)[C@H](O)[C@@H](C)C3)CC[C@H]4O)ccc2F)c(F)c1. The Labute approximate surface area is 228 Å². The molecule has 0 unspecified atom stereocenters. The molecular formula is C28H30F3N5O4. The van der Waals surface area contributed by atoms with Crippen molar-refractivity contribution in [1.29, 1.82) is 0 Å². The molecule has 0 radical (unpaired) electrons. The van der Waals surface area contributed by atoms with E-state index < -0.39 is 52.9 Å². The molecule has 1 aliphatic carbocycles. The monoisotopic (exact) mass is 557 g/mol. The lowest BCUT2D eigenvalue weighted by atomic mass is 9.92. The second-order valence-electron chi connectivity index (χ2n) is 10.2. The van der Waals surface area contributed by atoms with Crippen LogP contribution in [0.1, 0.15) is 48.1 Å². The van der Waals surface area contributed by atoms with Crippen molar-refractivity contribution in [3.8, 4) is 17.0 Å². The van der Waals surface area contributed by atoms with Gasteiger partial charge < -0.3 is 30.9 Å². The molecule has 3 heterocycles. The van der Waals surface area contributed by atoms with E-state index in [1.807, 2.05) is 11.8 Å². The maximum atomic E-state index is 14.8. The summed E-state index contributed by atoms with van der Waals surface area (Å²) in [7, 11) is 0.